The summed E-state index contributed by atoms with van der Waals surface area (Å²) in [4.78, 5) is 25.3. The van der Waals surface area contributed by atoms with Crippen LogP contribution in [-0.4, -0.2) is 19.6 Å². The van der Waals surface area contributed by atoms with Crippen molar-refractivity contribution in [3.05, 3.63) is 89.1 Å². The highest BCUT2D eigenvalue weighted by Gasteiger charge is 2.18. The first-order valence-electron chi connectivity index (χ1n) is 9.58. The molecule has 0 spiro atoms. The van der Waals surface area contributed by atoms with Crippen LogP contribution in [0.2, 0.25) is 0 Å². The van der Waals surface area contributed by atoms with Crippen LogP contribution in [0.1, 0.15) is 0 Å². The van der Waals surface area contributed by atoms with Gasteiger partial charge in [-0.1, -0.05) is 42.5 Å². The number of anilines is 1. The van der Waals surface area contributed by atoms with Gasteiger partial charge in [-0.05, 0) is 36.4 Å². The van der Waals surface area contributed by atoms with E-state index in [0.29, 0.717) is 28.0 Å². The van der Waals surface area contributed by atoms with Gasteiger partial charge in [0.1, 0.15) is 11.3 Å². The van der Waals surface area contributed by atoms with Crippen LogP contribution in [0.5, 0.6) is 11.5 Å². The number of rotatable bonds is 7. The monoisotopic (exact) mass is 416 g/mol. The zero-order chi connectivity index (χ0) is 21.6. The van der Waals surface area contributed by atoms with Crippen molar-refractivity contribution in [1.29, 1.82) is 0 Å². The van der Waals surface area contributed by atoms with Crippen molar-refractivity contribution in [3.8, 4) is 22.8 Å². The summed E-state index contributed by atoms with van der Waals surface area (Å²) in [5.41, 5.74) is 6.78. The maximum Gasteiger partial charge on any atom is 0.276 e. The number of hydrogen-bond donors (Lipinski definition) is 2. The molecule has 31 heavy (non-hydrogen) atoms. The van der Waals surface area contributed by atoms with Crippen LogP contribution >= 0.6 is 0 Å². The van der Waals surface area contributed by atoms with Gasteiger partial charge in [0.05, 0.1) is 18.2 Å². The van der Waals surface area contributed by atoms with E-state index in [-0.39, 0.29) is 23.5 Å². The van der Waals surface area contributed by atoms with Gasteiger partial charge in [0.2, 0.25) is 11.2 Å². The average Bonchev–Trinajstić information content (AvgIpc) is 2.83. The van der Waals surface area contributed by atoms with Gasteiger partial charge < -0.3 is 13.9 Å². The summed E-state index contributed by atoms with van der Waals surface area (Å²) in [5.74, 6) is 0.517. The number of fused-ring (bicyclic) bond motifs is 1. The molecule has 0 bridgehead atoms. The second-order valence-electron chi connectivity index (χ2n) is 6.64. The number of para-hydroxylation sites is 1. The van der Waals surface area contributed by atoms with Gasteiger partial charge >= 0.3 is 0 Å². The fourth-order valence-corrected chi connectivity index (χ4v) is 3.03. The molecule has 0 unspecified atom stereocenters. The molecule has 0 saturated heterocycles. The molecular formula is C24H20N2O5. The predicted octanol–water partition coefficient (Wildman–Crippen LogP) is 3.99. The van der Waals surface area contributed by atoms with Crippen LogP contribution in [-0.2, 0) is 4.79 Å². The smallest absolute Gasteiger partial charge is 0.276 e. The lowest BCUT2D eigenvalue weighted by Gasteiger charge is -2.12. The number of nitrogens with one attached hydrogen (secondary N) is 2. The van der Waals surface area contributed by atoms with Gasteiger partial charge in [-0.2, -0.15) is 0 Å². The molecule has 0 aliphatic heterocycles. The molecule has 1 amide bonds. The van der Waals surface area contributed by atoms with Crippen LogP contribution in [0.25, 0.3) is 22.3 Å². The molecule has 2 N–H and O–H groups in total. The lowest BCUT2D eigenvalue weighted by atomic mass is 10.1. The maximum atomic E-state index is 13.0. The van der Waals surface area contributed by atoms with Gasteiger partial charge in [0.15, 0.2) is 12.4 Å². The summed E-state index contributed by atoms with van der Waals surface area (Å²) in [6.07, 6.45) is 0. The van der Waals surface area contributed by atoms with E-state index in [1.54, 1.807) is 55.6 Å². The maximum absolute atomic E-state index is 13.0. The van der Waals surface area contributed by atoms with E-state index in [2.05, 4.69) is 10.9 Å². The van der Waals surface area contributed by atoms with Crippen molar-refractivity contribution >= 4 is 22.6 Å². The molecule has 7 nitrogen and oxygen atoms in total. The van der Waals surface area contributed by atoms with Crippen molar-refractivity contribution in [2.75, 3.05) is 19.1 Å². The Morgan fingerprint density at radius 3 is 2.39 bits per heavy atom. The Labute approximate surface area is 178 Å². The first kappa shape index (κ1) is 20.0. The minimum atomic E-state index is -0.456. The van der Waals surface area contributed by atoms with Gasteiger partial charge in [-0.15, -0.1) is 0 Å². The molecule has 4 aromatic rings. The molecule has 0 atom stereocenters. The number of carbonyl (C=O) groups excluding carboxylic acids is 1. The largest absolute Gasteiger partial charge is 0.497 e. The second kappa shape index (κ2) is 9.04. The summed E-state index contributed by atoms with van der Waals surface area (Å²) in [6.45, 7) is -0.369. The number of benzene rings is 3. The van der Waals surface area contributed by atoms with Crippen molar-refractivity contribution in [3.63, 3.8) is 0 Å². The van der Waals surface area contributed by atoms with Crippen molar-refractivity contribution < 1.29 is 18.7 Å². The SMILES string of the molecule is COc1ccc(NNC(=O)COc2c(-c3ccccc3)oc3ccccc3c2=O)cc1. The predicted molar refractivity (Wildman–Crippen MR) is 118 cm³/mol. The molecule has 1 aromatic heterocycles. The quantitative estimate of drug-likeness (QED) is 0.443. The average molecular weight is 416 g/mol. The molecule has 1 heterocycles. The van der Waals surface area contributed by atoms with Gasteiger partial charge in [0, 0.05) is 5.56 Å². The van der Waals surface area contributed by atoms with Gasteiger partial charge in [0.25, 0.3) is 5.91 Å². The molecular weight excluding hydrogens is 396 g/mol. The Hall–Kier alpha value is -4.26. The standard InChI is InChI=1S/C24H20N2O5/c1-29-18-13-11-17(12-14-18)25-26-21(27)15-30-24-22(28)19-9-5-6-10-20(19)31-23(24)16-7-3-2-4-8-16/h2-14,25H,15H2,1H3,(H,26,27). The lowest BCUT2D eigenvalue weighted by Crippen LogP contribution is -2.34. The lowest BCUT2D eigenvalue weighted by molar-refractivity contribution is -0.122. The van der Waals surface area contributed by atoms with Crippen LogP contribution in [0.4, 0.5) is 5.69 Å². The summed E-state index contributed by atoms with van der Waals surface area (Å²) >= 11 is 0. The Kier molecular flexibility index (Phi) is 5.84. The summed E-state index contributed by atoms with van der Waals surface area (Å²) in [6, 6.07) is 23.1. The van der Waals surface area contributed by atoms with Gasteiger partial charge in [-0.25, -0.2) is 0 Å². The van der Waals surface area contributed by atoms with Crippen molar-refractivity contribution in [2.24, 2.45) is 0 Å². The molecule has 3 aromatic carbocycles. The molecule has 4 rings (SSSR count). The number of hydrazine groups is 1. The van der Waals surface area contributed by atoms with Crippen molar-refractivity contribution in [2.45, 2.75) is 0 Å². The molecule has 0 radical (unpaired) electrons. The number of methoxy groups -OCH3 is 1. The summed E-state index contributed by atoms with van der Waals surface area (Å²) < 4.78 is 16.7. The fraction of sp³-hybridized carbons (Fsp3) is 0.0833. The number of carbonyl (C=O) groups is 1. The number of hydrogen-bond acceptors (Lipinski definition) is 6. The highest BCUT2D eigenvalue weighted by molar-refractivity contribution is 5.83. The van der Waals surface area contributed by atoms with Gasteiger partial charge in [-0.3, -0.25) is 20.4 Å². The minimum Gasteiger partial charge on any atom is -0.497 e. The van der Waals surface area contributed by atoms with E-state index >= 15 is 0 Å². The zero-order valence-electron chi connectivity index (χ0n) is 16.8. The molecule has 0 fully saturated rings. The molecule has 0 aliphatic carbocycles. The third kappa shape index (κ3) is 4.51. The highest BCUT2D eigenvalue weighted by atomic mass is 16.5. The first-order valence-corrected chi connectivity index (χ1v) is 9.58. The first-order chi connectivity index (χ1) is 15.2. The zero-order valence-corrected chi connectivity index (χ0v) is 16.8. The van der Waals surface area contributed by atoms with E-state index in [1.165, 1.54) is 0 Å². The van der Waals surface area contributed by atoms with Crippen molar-refractivity contribution in [1.82, 2.24) is 5.43 Å². The Bertz CT molecular complexity index is 1250. The van der Waals surface area contributed by atoms with Crippen LogP contribution in [0.15, 0.2) is 88.1 Å². The highest BCUT2D eigenvalue weighted by Crippen LogP contribution is 2.30. The molecule has 7 heteroatoms. The fourth-order valence-electron chi connectivity index (χ4n) is 3.03. The molecule has 0 saturated carbocycles. The summed E-state index contributed by atoms with van der Waals surface area (Å²) in [7, 11) is 1.58. The Balaban J connectivity index is 1.53. The van der Waals surface area contributed by atoms with Crippen LogP contribution in [0, 0.1) is 0 Å². The van der Waals surface area contributed by atoms with Crippen LogP contribution in [0.3, 0.4) is 0 Å². The van der Waals surface area contributed by atoms with E-state index in [4.69, 9.17) is 13.9 Å². The molecule has 156 valence electrons. The molecule has 0 aliphatic rings. The topological polar surface area (TPSA) is 89.8 Å². The van der Waals surface area contributed by atoms with Crippen LogP contribution < -0.4 is 25.8 Å². The Morgan fingerprint density at radius 1 is 0.935 bits per heavy atom. The van der Waals surface area contributed by atoms with E-state index in [0.717, 1.165) is 0 Å². The Morgan fingerprint density at radius 2 is 1.65 bits per heavy atom. The third-order valence-electron chi connectivity index (χ3n) is 4.58. The van der Waals surface area contributed by atoms with E-state index in [9.17, 15) is 9.59 Å². The normalized spacial score (nSPS) is 10.5. The van der Waals surface area contributed by atoms with E-state index < -0.39 is 5.91 Å². The summed E-state index contributed by atoms with van der Waals surface area (Å²) in [5, 5.41) is 0.383. The minimum absolute atomic E-state index is 0.00972. The number of ether oxygens (including phenoxy) is 2. The third-order valence-corrected chi connectivity index (χ3v) is 4.58. The van der Waals surface area contributed by atoms with E-state index in [1.807, 2.05) is 30.3 Å². The number of amides is 1. The second-order valence-corrected chi connectivity index (χ2v) is 6.64.